The molecule has 0 saturated heterocycles. The molecule has 1 aliphatic carbocycles. The minimum atomic E-state index is -0.396. The van der Waals surface area contributed by atoms with Crippen molar-refractivity contribution < 1.29 is 14.3 Å². The molecule has 0 radical (unpaired) electrons. The number of carbonyl (C=O) groups is 1. The quantitative estimate of drug-likeness (QED) is 0.419. The van der Waals surface area contributed by atoms with E-state index < -0.39 is 5.41 Å². The second kappa shape index (κ2) is 7.00. The summed E-state index contributed by atoms with van der Waals surface area (Å²) in [6.45, 7) is 5.92. The van der Waals surface area contributed by atoms with Gasteiger partial charge in [0.25, 0.3) is 0 Å². The van der Waals surface area contributed by atoms with Gasteiger partial charge in [-0.15, -0.1) is 0 Å². The summed E-state index contributed by atoms with van der Waals surface area (Å²) in [7, 11) is 0. The first-order valence-electron chi connectivity index (χ1n) is 6.85. The van der Waals surface area contributed by atoms with Gasteiger partial charge in [-0.25, -0.2) is 0 Å². The number of carbonyl (C=O) groups excluding carboxylic acids is 1. The van der Waals surface area contributed by atoms with Gasteiger partial charge in [0.1, 0.15) is 0 Å². The van der Waals surface area contributed by atoms with E-state index in [2.05, 4.69) is 0 Å². The summed E-state index contributed by atoms with van der Waals surface area (Å²) in [5.41, 5.74) is -0.396. The molecular formula is C14H26O3. The van der Waals surface area contributed by atoms with Crippen LogP contribution in [0, 0.1) is 5.41 Å². The highest BCUT2D eigenvalue weighted by molar-refractivity contribution is 5.75. The summed E-state index contributed by atoms with van der Waals surface area (Å²) in [5.74, 6) is -0.159. The van der Waals surface area contributed by atoms with Gasteiger partial charge in [0.05, 0.1) is 11.5 Å². The molecule has 0 aromatic rings. The topological polar surface area (TPSA) is 35.5 Å². The van der Waals surface area contributed by atoms with Crippen molar-refractivity contribution in [3.05, 3.63) is 0 Å². The lowest BCUT2D eigenvalue weighted by Crippen LogP contribution is -2.27. The number of ether oxygens (including phenoxy) is 2. The Balaban J connectivity index is 2.20. The summed E-state index contributed by atoms with van der Waals surface area (Å²) >= 11 is 0. The second-order valence-corrected chi connectivity index (χ2v) is 5.57. The van der Waals surface area contributed by atoms with Crippen molar-refractivity contribution >= 4 is 5.97 Å². The minimum absolute atomic E-state index is 0.118. The van der Waals surface area contributed by atoms with Gasteiger partial charge in [-0.1, -0.05) is 32.6 Å². The SMILES string of the molecule is CCC(C)(C)C(=O)OCOC1CCCCCC1. The minimum Gasteiger partial charge on any atom is -0.438 e. The summed E-state index contributed by atoms with van der Waals surface area (Å²) in [6.07, 6.45) is 8.37. The molecule has 0 aromatic carbocycles. The Kier molecular flexibility index (Phi) is 5.96. The third-order valence-corrected chi connectivity index (χ3v) is 3.73. The van der Waals surface area contributed by atoms with Crippen molar-refractivity contribution in [3.63, 3.8) is 0 Å². The first kappa shape index (κ1) is 14.5. The predicted molar refractivity (Wildman–Crippen MR) is 67.6 cm³/mol. The molecule has 0 aliphatic heterocycles. The van der Waals surface area contributed by atoms with Gasteiger partial charge in [0, 0.05) is 0 Å². The normalized spacial score (nSPS) is 18.8. The highest BCUT2D eigenvalue weighted by Gasteiger charge is 2.27. The van der Waals surface area contributed by atoms with Crippen molar-refractivity contribution in [3.8, 4) is 0 Å². The maximum Gasteiger partial charge on any atom is 0.313 e. The molecule has 17 heavy (non-hydrogen) atoms. The van der Waals surface area contributed by atoms with E-state index in [-0.39, 0.29) is 18.9 Å². The molecular weight excluding hydrogens is 216 g/mol. The lowest BCUT2D eigenvalue weighted by molar-refractivity contribution is -0.171. The number of hydrogen-bond acceptors (Lipinski definition) is 3. The maximum atomic E-state index is 11.7. The Morgan fingerprint density at radius 2 is 1.76 bits per heavy atom. The molecule has 0 atom stereocenters. The Bertz CT molecular complexity index is 228. The van der Waals surface area contributed by atoms with Crippen molar-refractivity contribution in [2.24, 2.45) is 5.41 Å². The molecule has 3 nitrogen and oxygen atoms in total. The lowest BCUT2D eigenvalue weighted by atomic mass is 9.91. The van der Waals surface area contributed by atoms with Crippen LogP contribution < -0.4 is 0 Å². The van der Waals surface area contributed by atoms with Crippen molar-refractivity contribution in [1.82, 2.24) is 0 Å². The van der Waals surface area contributed by atoms with Crippen LogP contribution >= 0.6 is 0 Å². The van der Waals surface area contributed by atoms with Gasteiger partial charge in [0.2, 0.25) is 0 Å². The third kappa shape index (κ3) is 5.07. The van der Waals surface area contributed by atoms with Crippen LogP contribution in [0.4, 0.5) is 0 Å². The maximum absolute atomic E-state index is 11.7. The van der Waals surface area contributed by atoms with E-state index in [9.17, 15) is 4.79 Å². The van der Waals surface area contributed by atoms with Crippen LogP contribution in [0.5, 0.6) is 0 Å². The Labute approximate surface area is 105 Å². The Hall–Kier alpha value is -0.570. The smallest absolute Gasteiger partial charge is 0.313 e. The van der Waals surface area contributed by atoms with Crippen molar-refractivity contribution in [1.29, 1.82) is 0 Å². The van der Waals surface area contributed by atoms with Crippen LogP contribution in [0.1, 0.15) is 65.7 Å². The monoisotopic (exact) mass is 242 g/mol. The van der Waals surface area contributed by atoms with E-state index in [0.29, 0.717) is 0 Å². The van der Waals surface area contributed by atoms with E-state index in [0.717, 1.165) is 19.3 Å². The molecule has 0 spiro atoms. The van der Waals surface area contributed by atoms with Gasteiger partial charge in [-0.3, -0.25) is 4.79 Å². The van der Waals surface area contributed by atoms with Crippen molar-refractivity contribution in [2.45, 2.75) is 71.8 Å². The van der Waals surface area contributed by atoms with Crippen LogP contribution in [-0.2, 0) is 14.3 Å². The number of esters is 1. The molecule has 1 saturated carbocycles. The average molecular weight is 242 g/mol. The number of rotatable bonds is 5. The zero-order valence-corrected chi connectivity index (χ0v) is 11.5. The fourth-order valence-corrected chi connectivity index (χ4v) is 1.93. The molecule has 0 N–H and O–H groups in total. The largest absolute Gasteiger partial charge is 0.438 e. The van der Waals surface area contributed by atoms with Crippen LogP contribution in [0.15, 0.2) is 0 Å². The molecule has 0 aromatic heterocycles. The van der Waals surface area contributed by atoms with E-state index in [1.54, 1.807) is 0 Å². The first-order chi connectivity index (χ1) is 8.06. The number of hydrogen-bond donors (Lipinski definition) is 0. The molecule has 3 heteroatoms. The summed E-state index contributed by atoms with van der Waals surface area (Å²) < 4.78 is 10.8. The molecule has 0 bridgehead atoms. The summed E-state index contributed by atoms with van der Waals surface area (Å²) in [6, 6.07) is 0. The Morgan fingerprint density at radius 1 is 1.18 bits per heavy atom. The lowest BCUT2D eigenvalue weighted by Gasteiger charge is -2.21. The predicted octanol–water partition coefficient (Wildman–Crippen LogP) is 3.66. The van der Waals surface area contributed by atoms with Gasteiger partial charge < -0.3 is 9.47 Å². The fourth-order valence-electron chi connectivity index (χ4n) is 1.93. The Morgan fingerprint density at radius 3 is 2.29 bits per heavy atom. The van der Waals surface area contributed by atoms with E-state index in [4.69, 9.17) is 9.47 Å². The van der Waals surface area contributed by atoms with Crippen molar-refractivity contribution in [2.75, 3.05) is 6.79 Å². The average Bonchev–Trinajstić information content (AvgIpc) is 2.57. The van der Waals surface area contributed by atoms with E-state index in [1.165, 1.54) is 25.7 Å². The van der Waals surface area contributed by atoms with Crippen LogP contribution in [0.3, 0.4) is 0 Å². The van der Waals surface area contributed by atoms with Gasteiger partial charge in [-0.2, -0.15) is 0 Å². The zero-order valence-electron chi connectivity index (χ0n) is 11.5. The third-order valence-electron chi connectivity index (χ3n) is 3.73. The molecule has 100 valence electrons. The molecule has 0 amide bonds. The molecule has 1 fully saturated rings. The van der Waals surface area contributed by atoms with Crippen LogP contribution in [0.25, 0.3) is 0 Å². The molecule has 0 heterocycles. The zero-order chi connectivity index (χ0) is 12.7. The van der Waals surface area contributed by atoms with E-state index in [1.807, 2.05) is 20.8 Å². The first-order valence-corrected chi connectivity index (χ1v) is 6.85. The van der Waals surface area contributed by atoms with Crippen LogP contribution in [-0.4, -0.2) is 18.9 Å². The van der Waals surface area contributed by atoms with Gasteiger partial charge in [-0.05, 0) is 33.1 Å². The van der Waals surface area contributed by atoms with E-state index >= 15 is 0 Å². The molecule has 1 rings (SSSR count). The van der Waals surface area contributed by atoms with Gasteiger partial charge in [0.15, 0.2) is 6.79 Å². The van der Waals surface area contributed by atoms with Crippen LogP contribution in [0.2, 0.25) is 0 Å². The highest BCUT2D eigenvalue weighted by atomic mass is 16.7. The van der Waals surface area contributed by atoms with Gasteiger partial charge >= 0.3 is 5.97 Å². The molecule has 1 aliphatic rings. The second-order valence-electron chi connectivity index (χ2n) is 5.57. The fraction of sp³-hybridized carbons (Fsp3) is 0.929. The summed E-state index contributed by atoms with van der Waals surface area (Å²) in [4.78, 5) is 11.7. The molecule has 0 unspecified atom stereocenters. The summed E-state index contributed by atoms with van der Waals surface area (Å²) in [5, 5.41) is 0. The standard InChI is InChI=1S/C14H26O3/c1-4-14(2,3)13(15)17-11-16-12-9-7-5-6-8-10-12/h12H,4-11H2,1-3H3. The highest BCUT2D eigenvalue weighted by Crippen LogP contribution is 2.22.